The van der Waals surface area contributed by atoms with Gasteiger partial charge in [-0.05, 0) is 42.1 Å². The Morgan fingerprint density at radius 3 is 2.71 bits per heavy atom. The minimum absolute atomic E-state index is 0.261. The van der Waals surface area contributed by atoms with Gasteiger partial charge in [0.2, 0.25) is 5.91 Å². The number of nitrogens with zero attached hydrogens (tertiary/aromatic N) is 1. The summed E-state index contributed by atoms with van der Waals surface area (Å²) in [5, 5.41) is 7.20. The van der Waals surface area contributed by atoms with Gasteiger partial charge < -0.3 is 10.6 Å². The first-order valence-corrected chi connectivity index (χ1v) is 12.9. The van der Waals surface area contributed by atoms with Crippen LogP contribution in [-0.2, 0) is 11.3 Å². The molecule has 0 spiro atoms. The minimum atomic E-state index is -0.373. The van der Waals surface area contributed by atoms with Crippen LogP contribution >= 0.6 is 0 Å². The van der Waals surface area contributed by atoms with Crippen molar-refractivity contribution in [1.29, 1.82) is 0 Å². The standard InChI is InChI=1S/C27H41N3O/c1-19(2)17-30-18-22-14-27(26(31)28-15-21-11-7-4-8-12-21)24(25(30)23(22)16-29-27)13-20-9-5-3-6-10-20/h4,7-8,11-12,19-20,22-25,29H,3,5-6,9-10,13-18H2,1-2H3,(H,28,31). The molecule has 5 aliphatic rings. The summed E-state index contributed by atoms with van der Waals surface area (Å²) in [5.41, 5.74) is 0.812. The maximum absolute atomic E-state index is 13.9. The molecule has 5 fully saturated rings. The Hall–Kier alpha value is -1.39. The summed E-state index contributed by atoms with van der Waals surface area (Å²) in [7, 11) is 0. The molecule has 1 amide bonds. The zero-order chi connectivity index (χ0) is 21.4. The number of likely N-dealkylation sites (tertiary alicyclic amines) is 1. The van der Waals surface area contributed by atoms with Gasteiger partial charge in [-0.3, -0.25) is 9.69 Å². The van der Waals surface area contributed by atoms with Crippen LogP contribution in [-0.4, -0.2) is 42.0 Å². The Bertz CT molecular complexity index is 759. The van der Waals surface area contributed by atoms with E-state index in [-0.39, 0.29) is 11.4 Å². The van der Waals surface area contributed by atoms with E-state index in [9.17, 15) is 4.79 Å². The summed E-state index contributed by atoms with van der Waals surface area (Å²) >= 11 is 0. The van der Waals surface area contributed by atoms with Crippen molar-refractivity contribution in [2.45, 2.75) is 76.9 Å². The highest BCUT2D eigenvalue weighted by atomic mass is 16.2. The number of nitrogens with one attached hydrogen (secondary N) is 2. The molecule has 4 nitrogen and oxygen atoms in total. The van der Waals surface area contributed by atoms with Gasteiger partial charge in [-0.25, -0.2) is 0 Å². The summed E-state index contributed by atoms with van der Waals surface area (Å²) < 4.78 is 0. The van der Waals surface area contributed by atoms with Crippen LogP contribution in [0.2, 0.25) is 0 Å². The van der Waals surface area contributed by atoms with E-state index in [2.05, 4.69) is 53.6 Å². The number of benzene rings is 1. The van der Waals surface area contributed by atoms with E-state index < -0.39 is 0 Å². The first-order chi connectivity index (χ1) is 15.1. The van der Waals surface area contributed by atoms with Crippen LogP contribution < -0.4 is 10.6 Å². The molecule has 0 radical (unpaired) electrons. The Kier molecular flexibility index (Phi) is 6.13. The fraction of sp³-hybridized carbons (Fsp3) is 0.741. The molecule has 31 heavy (non-hydrogen) atoms. The second-order valence-electron chi connectivity index (χ2n) is 11.3. The smallest absolute Gasteiger partial charge is 0.240 e. The molecule has 2 saturated carbocycles. The lowest BCUT2D eigenvalue weighted by atomic mass is 9.57. The predicted octanol–water partition coefficient (Wildman–Crippen LogP) is 4.21. The predicted molar refractivity (Wildman–Crippen MR) is 126 cm³/mol. The van der Waals surface area contributed by atoms with Crippen molar-refractivity contribution >= 4 is 5.91 Å². The first-order valence-electron chi connectivity index (χ1n) is 12.9. The Labute approximate surface area is 188 Å². The molecular formula is C27H41N3O. The van der Waals surface area contributed by atoms with Crippen molar-refractivity contribution in [3.8, 4) is 0 Å². The number of hydrogen-bond acceptors (Lipinski definition) is 3. The van der Waals surface area contributed by atoms with Gasteiger partial charge in [0.05, 0.1) is 0 Å². The monoisotopic (exact) mass is 423 g/mol. The van der Waals surface area contributed by atoms with Crippen LogP contribution in [0.15, 0.2) is 30.3 Å². The summed E-state index contributed by atoms with van der Waals surface area (Å²) in [4.78, 5) is 16.6. The molecule has 4 bridgehead atoms. The lowest BCUT2D eigenvalue weighted by Gasteiger charge is -2.57. The van der Waals surface area contributed by atoms with Crippen LogP contribution in [0.3, 0.4) is 0 Å². The zero-order valence-corrected chi connectivity index (χ0v) is 19.5. The molecule has 6 rings (SSSR count). The van der Waals surface area contributed by atoms with E-state index >= 15 is 0 Å². The van der Waals surface area contributed by atoms with Gasteiger partial charge in [-0.15, -0.1) is 0 Å². The maximum atomic E-state index is 13.9. The topological polar surface area (TPSA) is 44.4 Å². The highest BCUT2D eigenvalue weighted by Gasteiger charge is 2.64. The molecule has 1 aromatic rings. The molecular weight excluding hydrogens is 382 g/mol. The van der Waals surface area contributed by atoms with Gasteiger partial charge in [-0.1, -0.05) is 76.3 Å². The van der Waals surface area contributed by atoms with E-state index in [0.29, 0.717) is 30.3 Å². The molecule has 5 atom stereocenters. The number of fused-ring (bicyclic) bond motifs is 1. The van der Waals surface area contributed by atoms with Crippen molar-refractivity contribution < 1.29 is 4.79 Å². The first kappa shape index (κ1) is 21.5. The molecule has 3 heterocycles. The average Bonchev–Trinajstić information content (AvgIpc) is 3.08. The molecule has 5 unspecified atom stereocenters. The van der Waals surface area contributed by atoms with E-state index in [1.807, 2.05) is 6.07 Å². The molecule has 4 heteroatoms. The van der Waals surface area contributed by atoms with Crippen LogP contribution in [0.25, 0.3) is 0 Å². The molecule has 1 aromatic carbocycles. The van der Waals surface area contributed by atoms with E-state index in [0.717, 1.165) is 24.8 Å². The van der Waals surface area contributed by atoms with Crippen molar-refractivity contribution in [2.75, 3.05) is 19.6 Å². The van der Waals surface area contributed by atoms with Gasteiger partial charge in [-0.2, -0.15) is 0 Å². The van der Waals surface area contributed by atoms with Crippen molar-refractivity contribution in [3.05, 3.63) is 35.9 Å². The van der Waals surface area contributed by atoms with Crippen LogP contribution in [0.1, 0.15) is 64.4 Å². The van der Waals surface area contributed by atoms with Crippen LogP contribution in [0, 0.1) is 29.6 Å². The molecule has 0 aromatic heterocycles. The van der Waals surface area contributed by atoms with Crippen molar-refractivity contribution in [1.82, 2.24) is 15.5 Å². The summed E-state index contributed by atoms with van der Waals surface area (Å²) in [5.74, 6) is 3.60. The highest BCUT2D eigenvalue weighted by molar-refractivity contribution is 5.87. The van der Waals surface area contributed by atoms with E-state index in [1.54, 1.807) is 0 Å². The fourth-order valence-electron chi connectivity index (χ4n) is 7.59. The Balaban J connectivity index is 1.40. The molecule has 2 aliphatic carbocycles. The maximum Gasteiger partial charge on any atom is 0.240 e. The highest BCUT2D eigenvalue weighted by Crippen LogP contribution is 2.54. The minimum Gasteiger partial charge on any atom is -0.350 e. The van der Waals surface area contributed by atoms with Crippen molar-refractivity contribution in [3.63, 3.8) is 0 Å². The number of carbonyl (C=O) groups excluding carboxylic acids is 1. The largest absolute Gasteiger partial charge is 0.350 e. The molecule has 170 valence electrons. The second-order valence-corrected chi connectivity index (χ2v) is 11.3. The van der Waals surface area contributed by atoms with Crippen molar-refractivity contribution in [2.24, 2.45) is 29.6 Å². The van der Waals surface area contributed by atoms with E-state index in [4.69, 9.17) is 0 Å². The van der Waals surface area contributed by atoms with E-state index in [1.165, 1.54) is 57.2 Å². The third kappa shape index (κ3) is 4.06. The number of hydrogen-bond donors (Lipinski definition) is 2. The number of piperidine rings is 2. The van der Waals surface area contributed by atoms with Gasteiger partial charge in [0, 0.05) is 38.1 Å². The van der Waals surface area contributed by atoms with Crippen LogP contribution in [0.4, 0.5) is 0 Å². The third-order valence-electron chi connectivity index (χ3n) is 8.83. The summed E-state index contributed by atoms with van der Waals surface area (Å²) in [6, 6.07) is 11.0. The van der Waals surface area contributed by atoms with Gasteiger partial charge >= 0.3 is 0 Å². The number of amides is 1. The quantitative estimate of drug-likeness (QED) is 0.691. The molecule has 3 aliphatic heterocycles. The lowest BCUT2D eigenvalue weighted by Crippen LogP contribution is -2.74. The number of rotatable bonds is 7. The summed E-state index contributed by atoms with van der Waals surface area (Å²) in [6.45, 7) is 8.72. The van der Waals surface area contributed by atoms with Crippen LogP contribution in [0.5, 0.6) is 0 Å². The normalized spacial score (nSPS) is 35.6. The third-order valence-corrected chi connectivity index (χ3v) is 8.83. The SMILES string of the molecule is CC(C)CN1CC2CC3(C(=O)NCc4ccccc4)NCC2C1C3CC1CCCCC1. The Morgan fingerprint density at radius 1 is 1.19 bits per heavy atom. The lowest BCUT2D eigenvalue weighted by molar-refractivity contribution is -0.139. The molecule has 3 saturated heterocycles. The summed E-state index contributed by atoms with van der Waals surface area (Å²) in [6.07, 6.45) is 9.14. The fourth-order valence-corrected chi connectivity index (χ4v) is 7.59. The van der Waals surface area contributed by atoms with Gasteiger partial charge in [0.15, 0.2) is 0 Å². The average molecular weight is 424 g/mol. The second kappa shape index (κ2) is 8.86. The molecule has 2 N–H and O–H groups in total. The van der Waals surface area contributed by atoms with Gasteiger partial charge in [0.1, 0.15) is 5.54 Å². The van der Waals surface area contributed by atoms with Gasteiger partial charge in [0.25, 0.3) is 0 Å². The number of carbonyl (C=O) groups is 1. The Morgan fingerprint density at radius 2 is 1.97 bits per heavy atom. The zero-order valence-electron chi connectivity index (χ0n) is 19.5.